The van der Waals surface area contributed by atoms with Crippen LogP contribution in [0.5, 0.6) is 0 Å². The van der Waals surface area contributed by atoms with E-state index in [0.717, 1.165) is 12.1 Å². The molecule has 0 saturated heterocycles. The predicted molar refractivity (Wildman–Crippen MR) is 82.6 cm³/mol. The summed E-state index contributed by atoms with van der Waals surface area (Å²) < 4.78 is 28.2. The molecule has 2 aromatic carbocycles. The number of halogens is 2. The molecule has 0 radical (unpaired) electrons. The van der Waals surface area contributed by atoms with Gasteiger partial charge in [0.05, 0.1) is 23.4 Å². The number of benzene rings is 2. The Bertz CT molecular complexity index is 834. The molecule has 0 atom stereocenters. The third-order valence-corrected chi connectivity index (χ3v) is 3.11. The lowest BCUT2D eigenvalue weighted by molar-refractivity contribution is 0.262. The second kappa shape index (κ2) is 6.27. The molecule has 2 amide bonds. The molecule has 1 heterocycles. The van der Waals surface area contributed by atoms with Crippen molar-refractivity contribution in [3.63, 3.8) is 0 Å². The third kappa shape index (κ3) is 3.34. The fourth-order valence-electron chi connectivity index (χ4n) is 2.07. The normalized spacial score (nSPS) is 10.3. The molecular weight excluding hydrogens is 302 g/mol. The number of hydrogen-bond acceptors (Lipinski definition) is 2. The Morgan fingerprint density at radius 2 is 1.83 bits per heavy atom. The number of anilines is 2. The van der Waals surface area contributed by atoms with Crippen molar-refractivity contribution in [3.05, 3.63) is 72.8 Å². The highest BCUT2D eigenvalue weighted by Crippen LogP contribution is 2.20. The largest absolute Gasteiger partial charge is 0.323 e. The van der Waals surface area contributed by atoms with Gasteiger partial charge in [0.1, 0.15) is 11.6 Å². The topological polar surface area (TPSA) is 59.0 Å². The van der Waals surface area contributed by atoms with Crippen LogP contribution in [-0.2, 0) is 0 Å². The highest BCUT2D eigenvalue weighted by molar-refractivity contribution is 6.01. The minimum atomic E-state index is -0.844. The highest BCUT2D eigenvalue weighted by atomic mass is 19.1. The first-order valence-electron chi connectivity index (χ1n) is 6.74. The Morgan fingerprint density at radius 3 is 2.57 bits per heavy atom. The Hall–Kier alpha value is -3.22. The summed E-state index contributed by atoms with van der Waals surface area (Å²) in [5.41, 5.74) is 1.12. The molecule has 2 N–H and O–H groups in total. The molecule has 0 unspecified atom stereocenters. The number of carbonyl (C=O) groups excluding carboxylic acids is 1. The Kier molecular flexibility index (Phi) is 4.01. The van der Waals surface area contributed by atoms with E-state index in [0.29, 0.717) is 17.4 Å². The van der Waals surface area contributed by atoms with E-state index in [1.807, 2.05) is 6.07 Å². The van der Waals surface area contributed by atoms with Gasteiger partial charge in [-0.1, -0.05) is 12.1 Å². The SMILES string of the molecule is O=C(Nc1ccc(F)cc1F)Nc1ccccc1-n1ccnc1. The summed E-state index contributed by atoms with van der Waals surface area (Å²) >= 11 is 0. The summed E-state index contributed by atoms with van der Waals surface area (Å²) in [6.45, 7) is 0. The molecule has 0 fully saturated rings. The van der Waals surface area contributed by atoms with Gasteiger partial charge in [-0.25, -0.2) is 18.6 Å². The van der Waals surface area contributed by atoms with Gasteiger partial charge in [-0.2, -0.15) is 0 Å². The Labute approximate surface area is 130 Å². The van der Waals surface area contributed by atoms with Crippen LogP contribution in [0.1, 0.15) is 0 Å². The van der Waals surface area contributed by atoms with Crippen LogP contribution in [0.15, 0.2) is 61.2 Å². The van der Waals surface area contributed by atoms with Crippen molar-refractivity contribution in [2.75, 3.05) is 10.6 Å². The summed E-state index contributed by atoms with van der Waals surface area (Å²) in [6, 6.07) is 9.38. The monoisotopic (exact) mass is 314 g/mol. The molecule has 0 aliphatic carbocycles. The Morgan fingerprint density at radius 1 is 1.04 bits per heavy atom. The van der Waals surface area contributed by atoms with E-state index in [1.165, 1.54) is 0 Å². The molecule has 23 heavy (non-hydrogen) atoms. The lowest BCUT2D eigenvalue weighted by atomic mass is 10.2. The molecule has 3 rings (SSSR count). The quantitative estimate of drug-likeness (QED) is 0.772. The van der Waals surface area contributed by atoms with Crippen molar-refractivity contribution < 1.29 is 13.6 Å². The number of amides is 2. The van der Waals surface area contributed by atoms with Crippen LogP contribution < -0.4 is 10.6 Å². The van der Waals surface area contributed by atoms with Gasteiger partial charge in [0, 0.05) is 18.5 Å². The van der Waals surface area contributed by atoms with Crippen molar-refractivity contribution >= 4 is 17.4 Å². The van der Waals surface area contributed by atoms with Crippen molar-refractivity contribution in [1.82, 2.24) is 9.55 Å². The second-order valence-corrected chi connectivity index (χ2v) is 4.69. The van der Waals surface area contributed by atoms with Crippen LogP contribution in [0.2, 0.25) is 0 Å². The minimum absolute atomic E-state index is 0.107. The summed E-state index contributed by atoms with van der Waals surface area (Å²) in [5, 5.41) is 4.97. The molecule has 3 aromatic rings. The average molecular weight is 314 g/mol. The molecule has 0 saturated carbocycles. The van der Waals surface area contributed by atoms with Crippen molar-refractivity contribution in [2.45, 2.75) is 0 Å². The van der Waals surface area contributed by atoms with Crippen molar-refractivity contribution in [3.8, 4) is 5.69 Å². The zero-order valence-corrected chi connectivity index (χ0v) is 11.8. The molecule has 0 aliphatic rings. The maximum atomic E-state index is 13.6. The van der Waals surface area contributed by atoms with E-state index in [-0.39, 0.29) is 5.69 Å². The first kappa shape index (κ1) is 14.7. The predicted octanol–water partition coefficient (Wildman–Crippen LogP) is 3.79. The number of aromatic nitrogens is 2. The zero-order chi connectivity index (χ0) is 16.2. The number of para-hydroxylation sites is 2. The van der Waals surface area contributed by atoms with Gasteiger partial charge in [0.2, 0.25) is 0 Å². The van der Waals surface area contributed by atoms with E-state index >= 15 is 0 Å². The molecule has 0 spiro atoms. The number of nitrogens with zero attached hydrogens (tertiary/aromatic N) is 2. The molecule has 1 aromatic heterocycles. The number of hydrogen-bond donors (Lipinski definition) is 2. The molecular formula is C16H12F2N4O. The van der Waals surface area contributed by atoms with Gasteiger partial charge in [-0.15, -0.1) is 0 Å². The van der Waals surface area contributed by atoms with Gasteiger partial charge in [0.25, 0.3) is 0 Å². The van der Waals surface area contributed by atoms with Crippen LogP contribution in [0.25, 0.3) is 5.69 Å². The van der Waals surface area contributed by atoms with E-state index in [2.05, 4.69) is 15.6 Å². The smallest absolute Gasteiger partial charge is 0.306 e. The molecule has 7 heteroatoms. The summed E-state index contributed by atoms with van der Waals surface area (Å²) in [5.74, 6) is -1.55. The van der Waals surface area contributed by atoms with Crippen molar-refractivity contribution in [1.29, 1.82) is 0 Å². The second-order valence-electron chi connectivity index (χ2n) is 4.69. The van der Waals surface area contributed by atoms with E-state index in [4.69, 9.17) is 0 Å². The van der Waals surface area contributed by atoms with Gasteiger partial charge in [0.15, 0.2) is 0 Å². The summed E-state index contributed by atoms with van der Waals surface area (Å²) in [6.07, 6.45) is 4.95. The minimum Gasteiger partial charge on any atom is -0.306 e. The fourth-order valence-corrected chi connectivity index (χ4v) is 2.07. The first-order valence-corrected chi connectivity index (χ1v) is 6.74. The summed E-state index contributed by atoms with van der Waals surface area (Å²) in [7, 11) is 0. The molecule has 5 nitrogen and oxygen atoms in total. The average Bonchev–Trinajstić information content (AvgIpc) is 3.05. The highest BCUT2D eigenvalue weighted by Gasteiger charge is 2.10. The maximum absolute atomic E-state index is 13.6. The van der Waals surface area contributed by atoms with Crippen LogP contribution in [0, 0.1) is 11.6 Å². The zero-order valence-electron chi connectivity index (χ0n) is 11.8. The maximum Gasteiger partial charge on any atom is 0.323 e. The summed E-state index contributed by atoms with van der Waals surface area (Å²) in [4.78, 5) is 16.0. The molecule has 116 valence electrons. The molecule has 0 aliphatic heterocycles. The van der Waals surface area contributed by atoms with E-state index < -0.39 is 17.7 Å². The van der Waals surface area contributed by atoms with Crippen molar-refractivity contribution in [2.24, 2.45) is 0 Å². The van der Waals surface area contributed by atoms with E-state index in [1.54, 1.807) is 41.5 Å². The van der Waals surface area contributed by atoms with E-state index in [9.17, 15) is 13.6 Å². The number of rotatable bonds is 3. The van der Waals surface area contributed by atoms with Crippen LogP contribution in [0.4, 0.5) is 25.0 Å². The fraction of sp³-hybridized carbons (Fsp3) is 0. The van der Waals surface area contributed by atoms with Gasteiger partial charge >= 0.3 is 6.03 Å². The number of carbonyl (C=O) groups is 1. The first-order chi connectivity index (χ1) is 11.1. The third-order valence-electron chi connectivity index (χ3n) is 3.11. The standard InChI is InChI=1S/C16H12F2N4O/c17-11-5-6-13(12(18)9-11)20-16(23)21-14-3-1-2-4-15(14)22-8-7-19-10-22/h1-10H,(H2,20,21,23). The number of nitrogens with one attached hydrogen (secondary N) is 2. The van der Waals surface area contributed by atoms with Crippen LogP contribution >= 0.6 is 0 Å². The lowest BCUT2D eigenvalue weighted by Crippen LogP contribution is -2.21. The lowest BCUT2D eigenvalue weighted by Gasteiger charge is -2.12. The van der Waals surface area contributed by atoms with Gasteiger partial charge in [-0.3, -0.25) is 0 Å². The number of urea groups is 1. The van der Waals surface area contributed by atoms with Gasteiger partial charge < -0.3 is 15.2 Å². The Balaban J connectivity index is 1.78. The number of imidazole rings is 1. The molecule has 0 bridgehead atoms. The van der Waals surface area contributed by atoms with Gasteiger partial charge in [-0.05, 0) is 24.3 Å². The van der Waals surface area contributed by atoms with Crippen LogP contribution in [-0.4, -0.2) is 15.6 Å². The van der Waals surface area contributed by atoms with Crippen LogP contribution in [0.3, 0.4) is 0 Å².